The van der Waals surface area contributed by atoms with Crippen LogP contribution in [0.2, 0.25) is 0 Å². The molecular weight excluding hydrogens is 300 g/mol. The van der Waals surface area contributed by atoms with Crippen molar-refractivity contribution in [2.24, 2.45) is 5.92 Å². The SMILES string of the molecule is CCOC(OCC)c1ccc(CN2CCC(CN(C)C)CC2)cc1. The van der Waals surface area contributed by atoms with Crippen LogP contribution >= 0.6 is 0 Å². The van der Waals surface area contributed by atoms with Crippen molar-refractivity contribution in [2.75, 3.05) is 46.9 Å². The van der Waals surface area contributed by atoms with Gasteiger partial charge in [0.15, 0.2) is 6.29 Å². The molecule has 0 spiro atoms. The normalized spacial score (nSPS) is 17.1. The molecule has 0 aliphatic carbocycles. The van der Waals surface area contributed by atoms with Crippen LogP contribution in [-0.2, 0) is 16.0 Å². The van der Waals surface area contributed by atoms with Crippen LogP contribution in [-0.4, -0.2) is 56.7 Å². The van der Waals surface area contributed by atoms with E-state index in [2.05, 4.69) is 48.2 Å². The van der Waals surface area contributed by atoms with Crippen molar-refractivity contribution in [3.05, 3.63) is 35.4 Å². The first-order valence-electron chi connectivity index (χ1n) is 9.31. The molecule has 0 N–H and O–H groups in total. The molecule has 2 rings (SSSR count). The lowest BCUT2D eigenvalue weighted by atomic mass is 9.96. The van der Waals surface area contributed by atoms with Crippen molar-refractivity contribution in [1.82, 2.24) is 9.80 Å². The Bertz CT molecular complexity index is 447. The molecule has 1 fully saturated rings. The standard InChI is InChI=1S/C20H34N2O2/c1-5-23-20(24-6-2)19-9-7-17(8-10-19)16-22-13-11-18(12-14-22)15-21(3)4/h7-10,18,20H,5-6,11-16H2,1-4H3. The number of piperidine rings is 1. The molecule has 1 saturated heterocycles. The summed E-state index contributed by atoms with van der Waals surface area (Å²) in [6.07, 6.45) is 2.39. The average molecular weight is 335 g/mol. The third-order valence-electron chi connectivity index (χ3n) is 4.62. The molecule has 4 nitrogen and oxygen atoms in total. The van der Waals surface area contributed by atoms with E-state index in [1.54, 1.807) is 0 Å². The Hall–Kier alpha value is -0.940. The van der Waals surface area contributed by atoms with Gasteiger partial charge >= 0.3 is 0 Å². The molecule has 0 unspecified atom stereocenters. The monoisotopic (exact) mass is 334 g/mol. The van der Waals surface area contributed by atoms with Gasteiger partial charge in [0, 0.05) is 31.9 Å². The van der Waals surface area contributed by atoms with Gasteiger partial charge in [-0.15, -0.1) is 0 Å². The van der Waals surface area contributed by atoms with E-state index in [9.17, 15) is 0 Å². The van der Waals surface area contributed by atoms with Crippen LogP contribution in [0.3, 0.4) is 0 Å². The number of likely N-dealkylation sites (tertiary alicyclic amines) is 1. The van der Waals surface area contributed by atoms with E-state index in [1.165, 1.54) is 38.0 Å². The Morgan fingerprint density at radius 1 is 1.04 bits per heavy atom. The van der Waals surface area contributed by atoms with Gasteiger partial charge in [0.05, 0.1) is 0 Å². The summed E-state index contributed by atoms with van der Waals surface area (Å²) in [6, 6.07) is 8.72. The van der Waals surface area contributed by atoms with Gasteiger partial charge in [0.25, 0.3) is 0 Å². The maximum atomic E-state index is 5.67. The maximum absolute atomic E-state index is 5.67. The first-order valence-corrected chi connectivity index (χ1v) is 9.31. The first kappa shape index (κ1) is 19.4. The van der Waals surface area contributed by atoms with Gasteiger partial charge < -0.3 is 14.4 Å². The van der Waals surface area contributed by atoms with E-state index in [-0.39, 0.29) is 6.29 Å². The first-order chi connectivity index (χ1) is 11.6. The Balaban J connectivity index is 1.83. The minimum atomic E-state index is -0.240. The smallest absolute Gasteiger partial charge is 0.183 e. The highest BCUT2D eigenvalue weighted by Crippen LogP contribution is 2.22. The van der Waals surface area contributed by atoms with Crippen molar-refractivity contribution in [1.29, 1.82) is 0 Å². The number of hydrogen-bond acceptors (Lipinski definition) is 4. The molecule has 0 amide bonds. The quantitative estimate of drug-likeness (QED) is 0.645. The van der Waals surface area contributed by atoms with Crippen molar-refractivity contribution in [3.8, 4) is 0 Å². The molecule has 1 aliphatic heterocycles. The van der Waals surface area contributed by atoms with Gasteiger partial charge in [0.1, 0.15) is 0 Å². The molecule has 0 radical (unpaired) electrons. The summed E-state index contributed by atoms with van der Waals surface area (Å²) in [5, 5.41) is 0. The molecule has 136 valence electrons. The van der Waals surface area contributed by atoms with E-state index >= 15 is 0 Å². The second-order valence-corrected chi connectivity index (χ2v) is 6.97. The summed E-state index contributed by atoms with van der Waals surface area (Å²) in [4.78, 5) is 4.88. The zero-order chi connectivity index (χ0) is 17.4. The van der Waals surface area contributed by atoms with E-state index in [4.69, 9.17) is 9.47 Å². The van der Waals surface area contributed by atoms with Gasteiger partial charge in [-0.3, -0.25) is 4.90 Å². The van der Waals surface area contributed by atoms with Gasteiger partial charge in [-0.05, 0) is 65.4 Å². The molecule has 0 bridgehead atoms. The zero-order valence-electron chi connectivity index (χ0n) is 15.8. The molecule has 1 aromatic rings. The molecule has 1 aromatic carbocycles. The summed E-state index contributed by atoms with van der Waals surface area (Å²) in [5.41, 5.74) is 2.48. The largest absolute Gasteiger partial charge is 0.349 e. The van der Waals surface area contributed by atoms with Gasteiger partial charge in [-0.1, -0.05) is 24.3 Å². The van der Waals surface area contributed by atoms with Crippen LogP contribution in [0.5, 0.6) is 0 Å². The Morgan fingerprint density at radius 2 is 1.62 bits per heavy atom. The zero-order valence-corrected chi connectivity index (χ0v) is 15.8. The Morgan fingerprint density at radius 3 is 2.12 bits per heavy atom. The van der Waals surface area contributed by atoms with E-state index in [0.29, 0.717) is 13.2 Å². The van der Waals surface area contributed by atoms with Crippen LogP contribution in [0.25, 0.3) is 0 Å². The predicted molar refractivity (Wildman–Crippen MR) is 99.0 cm³/mol. The fraction of sp³-hybridized carbons (Fsp3) is 0.700. The summed E-state index contributed by atoms with van der Waals surface area (Å²) < 4.78 is 11.3. The summed E-state index contributed by atoms with van der Waals surface area (Å²) in [7, 11) is 4.34. The minimum absolute atomic E-state index is 0.240. The van der Waals surface area contributed by atoms with Crippen LogP contribution in [0.15, 0.2) is 24.3 Å². The van der Waals surface area contributed by atoms with Crippen molar-refractivity contribution >= 4 is 0 Å². The number of hydrogen-bond donors (Lipinski definition) is 0. The maximum Gasteiger partial charge on any atom is 0.183 e. The fourth-order valence-electron chi connectivity index (χ4n) is 3.43. The topological polar surface area (TPSA) is 24.9 Å². The second kappa shape index (κ2) is 10.1. The van der Waals surface area contributed by atoms with Crippen molar-refractivity contribution in [2.45, 2.75) is 39.5 Å². The highest BCUT2D eigenvalue weighted by atomic mass is 16.7. The molecule has 0 atom stereocenters. The molecule has 0 saturated carbocycles. The number of rotatable bonds is 9. The molecule has 0 aromatic heterocycles. The van der Waals surface area contributed by atoms with E-state index in [0.717, 1.165) is 18.0 Å². The lowest BCUT2D eigenvalue weighted by Crippen LogP contribution is -2.36. The van der Waals surface area contributed by atoms with E-state index in [1.807, 2.05) is 13.8 Å². The lowest BCUT2D eigenvalue weighted by Gasteiger charge is -2.33. The lowest BCUT2D eigenvalue weighted by molar-refractivity contribution is -0.140. The van der Waals surface area contributed by atoms with Crippen LogP contribution in [0.4, 0.5) is 0 Å². The fourth-order valence-corrected chi connectivity index (χ4v) is 3.43. The van der Waals surface area contributed by atoms with Crippen molar-refractivity contribution < 1.29 is 9.47 Å². The molecule has 4 heteroatoms. The van der Waals surface area contributed by atoms with Crippen LogP contribution in [0.1, 0.15) is 44.1 Å². The average Bonchev–Trinajstić information content (AvgIpc) is 2.57. The number of ether oxygens (including phenoxy) is 2. The molecule has 1 heterocycles. The highest BCUT2D eigenvalue weighted by molar-refractivity contribution is 5.23. The van der Waals surface area contributed by atoms with Crippen LogP contribution in [0, 0.1) is 5.92 Å². The molecule has 1 aliphatic rings. The number of nitrogens with zero attached hydrogens (tertiary/aromatic N) is 2. The predicted octanol–water partition coefficient (Wildman–Crippen LogP) is 3.53. The van der Waals surface area contributed by atoms with Gasteiger partial charge in [0.2, 0.25) is 0 Å². The van der Waals surface area contributed by atoms with Gasteiger partial charge in [-0.2, -0.15) is 0 Å². The Kier molecular flexibility index (Phi) is 8.19. The van der Waals surface area contributed by atoms with Crippen molar-refractivity contribution in [3.63, 3.8) is 0 Å². The summed E-state index contributed by atoms with van der Waals surface area (Å²) in [6.45, 7) is 10.0. The second-order valence-electron chi connectivity index (χ2n) is 6.97. The Labute approximate surface area is 147 Å². The summed E-state index contributed by atoms with van der Waals surface area (Å²) >= 11 is 0. The van der Waals surface area contributed by atoms with Gasteiger partial charge in [-0.25, -0.2) is 0 Å². The van der Waals surface area contributed by atoms with Crippen LogP contribution < -0.4 is 0 Å². The third kappa shape index (κ3) is 6.17. The minimum Gasteiger partial charge on any atom is -0.349 e. The molecule has 24 heavy (non-hydrogen) atoms. The summed E-state index contributed by atoms with van der Waals surface area (Å²) in [5.74, 6) is 0.858. The molecular formula is C20H34N2O2. The number of benzene rings is 1. The third-order valence-corrected chi connectivity index (χ3v) is 4.62. The highest BCUT2D eigenvalue weighted by Gasteiger charge is 2.19. The van der Waals surface area contributed by atoms with E-state index < -0.39 is 0 Å².